The van der Waals surface area contributed by atoms with E-state index in [0.29, 0.717) is 39.9 Å². The summed E-state index contributed by atoms with van der Waals surface area (Å²) >= 11 is 6.21. The standard InChI is InChI=1S/C19H14ClFN4O2/c20-11-5-7-16-14(9-11)12(13-3-1-2-4-15(13)21)6-8-17-23-24-18(25(16)17)10-22-19(26)27/h1-7,9,22H,8,10H2,(H,26,27). The summed E-state index contributed by atoms with van der Waals surface area (Å²) in [7, 11) is 0. The summed E-state index contributed by atoms with van der Waals surface area (Å²) in [5.74, 6) is 0.742. The number of halogens is 2. The van der Waals surface area contributed by atoms with Crippen LogP contribution < -0.4 is 5.32 Å². The van der Waals surface area contributed by atoms with Gasteiger partial charge in [-0.15, -0.1) is 10.2 Å². The number of carboxylic acid groups (broad SMARTS) is 1. The molecule has 0 aliphatic carbocycles. The van der Waals surface area contributed by atoms with Crippen LogP contribution in [0.5, 0.6) is 0 Å². The van der Waals surface area contributed by atoms with Crippen molar-refractivity contribution >= 4 is 23.3 Å². The predicted molar refractivity (Wildman–Crippen MR) is 98.4 cm³/mol. The van der Waals surface area contributed by atoms with Crippen molar-refractivity contribution in [2.75, 3.05) is 0 Å². The molecule has 0 radical (unpaired) electrons. The summed E-state index contributed by atoms with van der Waals surface area (Å²) in [5, 5.41) is 20.0. The lowest BCUT2D eigenvalue weighted by Gasteiger charge is -2.15. The summed E-state index contributed by atoms with van der Waals surface area (Å²) < 4.78 is 16.2. The van der Waals surface area contributed by atoms with Crippen LogP contribution in [0.2, 0.25) is 5.02 Å². The quantitative estimate of drug-likeness (QED) is 0.719. The van der Waals surface area contributed by atoms with Gasteiger partial charge < -0.3 is 10.4 Å². The van der Waals surface area contributed by atoms with Gasteiger partial charge in [-0.05, 0) is 29.8 Å². The van der Waals surface area contributed by atoms with Gasteiger partial charge in [-0.3, -0.25) is 4.57 Å². The van der Waals surface area contributed by atoms with Crippen molar-refractivity contribution in [1.82, 2.24) is 20.1 Å². The number of hydrogen-bond donors (Lipinski definition) is 2. The molecule has 2 heterocycles. The fraction of sp³-hybridized carbons (Fsp3) is 0.105. The van der Waals surface area contributed by atoms with Crippen molar-refractivity contribution in [3.8, 4) is 5.69 Å². The second kappa shape index (κ2) is 6.85. The van der Waals surface area contributed by atoms with E-state index in [1.165, 1.54) is 6.07 Å². The lowest BCUT2D eigenvalue weighted by atomic mass is 9.95. The molecule has 0 bridgehead atoms. The molecular formula is C19H14ClFN4O2. The minimum Gasteiger partial charge on any atom is -0.465 e. The summed E-state index contributed by atoms with van der Waals surface area (Å²) in [4.78, 5) is 10.9. The molecular weight excluding hydrogens is 371 g/mol. The largest absolute Gasteiger partial charge is 0.465 e. The minimum atomic E-state index is -1.15. The predicted octanol–water partition coefficient (Wildman–Crippen LogP) is 3.82. The SMILES string of the molecule is O=C(O)NCc1nnc2n1-c1ccc(Cl)cc1C(c1ccccc1F)=CC2. The highest BCUT2D eigenvalue weighted by Crippen LogP contribution is 2.35. The number of nitrogens with zero attached hydrogens (tertiary/aromatic N) is 3. The minimum absolute atomic E-state index is 0.000564. The molecule has 1 amide bonds. The zero-order valence-electron chi connectivity index (χ0n) is 14.0. The van der Waals surface area contributed by atoms with E-state index in [0.717, 1.165) is 5.56 Å². The summed E-state index contributed by atoms with van der Waals surface area (Å²) in [6, 6.07) is 11.8. The Hall–Kier alpha value is -3.19. The molecule has 27 heavy (non-hydrogen) atoms. The Labute approximate surface area is 158 Å². The third-order valence-corrected chi connectivity index (χ3v) is 4.57. The molecule has 1 aliphatic heterocycles. The van der Waals surface area contributed by atoms with Gasteiger partial charge in [0.25, 0.3) is 0 Å². The molecule has 8 heteroatoms. The molecule has 1 aliphatic rings. The Morgan fingerprint density at radius 3 is 2.81 bits per heavy atom. The topological polar surface area (TPSA) is 80.0 Å². The average molecular weight is 385 g/mol. The van der Waals surface area contributed by atoms with E-state index < -0.39 is 6.09 Å². The van der Waals surface area contributed by atoms with Crippen LogP contribution in [0.1, 0.15) is 22.8 Å². The highest BCUT2D eigenvalue weighted by molar-refractivity contribution is 6.30. The number of nitrogens with one attached hydrogen (secondary N) is 1. The molecule has 0 unspecified atom stereocenters. The smallest absolute Gasteiger partial charge is 0.405 e. The van der Waals surface area contributed by atoms with Crippen LogP contribution in [0.25, 0.3) is 11.3 Å². The van der Waals surface area contributed by atoms with Crippen LogP contribution in [-0.2, 0) is 13.0 Å². The molecule has 0 atom stereocenters. The number of hydrogen-bond acceptors (Lipinski definition) is 3. The molecule has 2 N–H and O–H groups in total. The van der Waals surface area contributed by atoms with Crippen molar-refractivity contribution in [1.29, 1.82) is 0 Å². The first-order chi connectivity index (χ1) is 13.0. The number of allylic oxidation sites excluding steroid dienone is 1. The fourth-order valence-electron chi connectivity index (χ4n) is 3.19. The van der Waals surface area contributed by atoms with Crippen LogP contribution in [0.3, 0.4) is 0 Å². The zero-order valence-corrected chi connectivity index (χ0v) is 14.7. The van der Waals surface area contributed by atoms with Crippen molar-refractivity contribution in [3.63, 3.8) is 0 Å². The van der Waals surface area contributed by atoms with Crippen molar-refractivity contribution in [2.24, 2.45) is 0 Å². The van der Waals surface area contributed by atoms with Gasteiger partial charge in [0.05, 0.1) is 12.2 Å². The third kappa shape index (κ3) is 3.17. The maximum atomic E-state index is 14.5. The Morgan fingerprint density at radius 2 is 2.04 bits per heavy atom. The molecule has 1 aromatic heterocycles. The normalized spacial score (nSPS) is 12.6. The van der Waals surface area contributed by atoms with E-state index in [1.54, 1.807) is 41.0 Å². The monoisotopic (exact) mass is 384 g/mol. The molecule has 3 aromatic rings. The van der Waals surface area contributed by atoms with E-state index in [-0.39, 0.29) is 12.4 Å². The van der Waals surface area contributed by atoms with Crippen LogP contribution in [0.4, 0.5) is 9.18 Å². The van der Waals surface area contributed by atoms with Crippen LogP contribution in [-0.4, -0.2) is 26.0 Å². The first kappa shape index (κ1) is 17.2. The second-order valence-electron chi connectivity index (χ2n) is 5.99. The molecule has 4 rings (SSSR count). The molecule has 0 saturated carbocycles. The van der Waals surface area contributed by atoms with Crippen molar-refractivity contribution in [2.45, 2.75) is 13.0 Å². The van der Waals surface area contributed by atoms with Crippen molar-refractivity contribution in [3.05, 3.63) is 82.2 Å². The second-order valence-corrected chi connectivity index (χ2v) is 6.43. The number of carbonyl (C=O) groups is 1. The first-order valence-electron chi connectivity index (χ1n) is 8.20. The number of aromatic nitrogens is 3. The summed E-state index contributed by atoms with van der Waals surface area (Å²) in [5.41, 5.74) is 2.61. The van der Waals surface area contributed by atoms with Crippen LogP contribution in [0, 0.1) is 5.82 Å². The van der Waals surface area contributed by atoms with Gasteiger partial charge in [0.2, 0.25) is 0 Å². The van der Waals surface area contributed by atoms with Gasteiger partial charge >= 0.3 is 6.09 Å². The maximum absolute atomic E-state index is 14.5. The molecule has 0 spiro atoms. The van der Waals surface area contributed by atoms with E-state index in [2.05, 4.69) is 15.5 Å². The van der Waals surface area contributed by atoms with E-state index >= 15 is 0 Å². The van der Waals surface area contributed by atoms with Crippen molar-refractivity contribution < 1.29 is 14.3 Å². The Balaban J connectivity index is 1.90. The third-order valence-electron chi connectivity index (χ3n) is 4.34. The average Bonchev–Trinajstić information content (AvgIpc) is 2.97. The van der Waals surface area contributed by atoms with Crippen LogP contribution >= 0.6 is 11.6 Å². The summed E-state index contributed by atoms with van der Waals surface area (Å²) in [6.45, 7) is -0.000564. The molecule has 6 nitrogen and oxygen atoms in total. The Morgan fingerprint density at radius 1 is 1.22 bits per heavy atom. The van der Waals surface area contributed by atoms with Gasteiger partial charge in [-0.1, -0.05) is 35.9 Å². The van der Waals surface area contributed by atoms with Gasteiger partial charge in [-0.25, -0.2) is 9.18 Å². The lowest BCUT2D eigenvalue weighted by molar-refractivity contribution is 0.193. The lowest BCUT2D eigenvalue weighted by Crippen LogP contribution is -2.22. The van der Waals surface area contributed by atoms with Gasteiger partial charge in [-0.2, -0.15) is 0 Å². The Kier molecular flexibility index (Phi) is 4.37. The van der Waals surface area contributed by atoms with E-state index in [4.69, 9.17) is 16.7 Å². The highest BCUT2D eigenvalue weighted by Gasteiger charge is 2.23. The molecule has 0 saturated heterocycles. The molecule has 2 aromatic carbocycles. The number of benzene rings is 2. The van der Waals surface area contributed by atoms with E-state index in [9.17, 15) is 9.18 Å². The summed E-state index contributed by atoms with van der Waals surface area (Å²) in [6.07, 6.45) is 1.15. The van der Waals surface area contributed by atoms with E-state index in [1.807, 2.05) is 6.08 Å². The van der Waals surface area contributed by atoms with Crippen LogP contribution in [0.15, 0.2) is 48.5 Å². The molecule has 136 valence electrons. The van der Waals surface area contributed by atoms with Gasteiger partial charge in [0, 0.05) is 22.6 Å². The Bertz CT molecular complexity index is 1080. The number of amides is 1. The van der Waals surface area contributed by atoms with Gasteiger partial charge in [0.15, 0.2) is 5.82 Å². The fourth-order valence-corrected chi connectivity index (χ4v) is 3.36. The maximum Gasteiger partial charge on any atom is 0.405 e. The highest BCUT2D eigenvalue weighted by atomic mass is 35.5. The zero-order chi connectivity index (χ0) is 19.0. The number of fused-ring (bicyclic) bond motifs is 3. The van der Waals surface area contributed by atoms with Gasteiger partial charge in [0.1, 0.15) is 11.6 Å². The number of rotatable bonds is 3. The first-order valence-corrected chi connectivity index (χ1v) is 8.57. The molecule has 0 fully saturated rings.